The fraction of sp³-hybridized carbons (Fsp3) is 0.471. The quantitative estimate of drug-likeness (QED) is 0.823. The van der Waals surface area contributed by atoms with Crippen LogP contribution in [-0.2, 0) is 18.3 Å². The number of nitrogens with zero attached hydrogens (tertiary/aromatic N) is 2. The molecule has 0 aliphatic carbocycles. The number of para-hydroxylation sites is 1. The molecule has 3 rings (SSSR count). The Labute approximate surface area is 120 Å². The average Bonchev–Trinajstić information content (AvgIpc) is 2.76. The highest BCUT2D eigenvalue weighted by Crippen LogP contribution is 2.22. The van der Waals surface area contributed by atoms with Gasteiger partial charge >= 0.3 is 0 Å². The van der Waals surface area contributed by atoms with Crippen molar-refractivity contribution in [2.45, 2.75) is 26.2 Å². The molecule has 3 heteroatoms. The fourth-order valence-electron chi connectivity index (χ4n) is 3.26. The summed E-state index contributed by atoms with van der Waals surface area (Å²) < 4.78 is 2.11. The van der Waals surface area contributed by atoms with E-state index in [-0.39, 0.29) is 5.91 Å². The van der Waals surface area contributed by atoms with Crippen LogP contribution < -0.4 is 0 Å². The summed E-state index contributed by atoms with van der Waals surface area (Å²) >= 11 is 0. The number of fused-ring (bicyclic) bond motifs is 1. The normalized spacial score (nSPS) is 19.5. The maximum atomic E-state index is 12.5. The molecule has 1 aromatic carbocycles. The smallest absolute Gasteiger partial charge is 0.227 e. The molecule has 1 aromatic heterocycles. The van der Waals surface area contributed by atoms with Gasteiger partial charge in [-0.1, -0.05) is 25.1 Å². The third kappa shape index (κ3) is 2.45. The SMILES string of the molecule is CC1CCCN(C(=O)Cc2cn(C)c3ccccc23)C1. The summed E-state index contributed by atoms with van der Waals surface area (Å²) in [4.78, 5) is 14.5. The van der Waals surface area contributed by atoms with Gasteiger partial charge in [-0.15, -0.1) is 0 Å². The zero-order valence-electron chi connectivity index (χ0n) is 12.3. The number of likely N-dealkylation sites (tertiary alicyclic amines) is 1. The molecule has 1 unspecified atom stereocenters. The third-order valence-electron chi connectivity index (χ3n) is 4.33. The van der Waals surface area contributed by atoms with E-state index in [1.54, 1.807) is 0 Å². The molecule has 0 spiro atoms. The van der Waals surface area contributed by atoms with Gasteiger partial charge in [-0.2, -0.15) is 0 Å². The van der Waals surface area contributed by atoms with Gasteiger partial charge in [-0.05, 0) is 30.4 Å². The van der Waals surface area contributed by atoms with Crippen LogP contribution >= 0.6 is 0 Å². The van der Waals surface area contributed by atoms with Crippen molar-refractivity contribution < 1.29 is 4.79 Å². The lowest BCUT2D eigenvalue weighted by molar-refractivity contribution is -0.132. The molecule has 1 aliphatic rings. The van der Waals surface area contributed by atoms with Crippen LogP contribution in [0, 0.1) is 5.92 Å². The van der Waals surface area contributed by atoms with Crippen molar-refractivity contribution in [3.8, 4) is 0 Å². The van der Waals surface area contributed by atoms with Crippen LogP contribution in [-0.4, -0.2) is 28.5 Å². The number of aryl methyl sites for hydroxylation is 1. The number of amides is 1. The number of hydrogen-bond acceptors (Lipinski definition) is 1. The van der Waals surface area contributed by atoms with E-state index in [0.29, 0.717) is 12.3 Å². The van der Waals surface area contributed by atoms with Gasteiger partial charge in [0.25, 0.3) is 0 Å². The lowest BCUT2D eigenvalue weighted by Crippen LogP contribution is -2.39. The van der Waals surface area contributed by atoms with Crippen LogP contribution in [0.5, 0.6) is 0 Å². The van der Waals surface area contributed by atoms with Gasteiger partial charge in [-0.3, -0.25) is 4.79 Å². The number of carbonyl (C=O) groups excluding carboxylic acids is 1. The molecule has 2 aromatic rings. The zero-order chi connectivity index (χ0) is 14.1. The van der Waals surface area contributed by atoms with Crippen molar-refractivity contribution in [2.75, 3.05) is 13.1 Å². The maximum Gasteiger partial charge on any atom is 0.227 e. The molecule has 2 heterocycles. The Morgan fingerprint density at radius 2 is 2.15 bits per heavy atom. The Kier molecular flexibility index (Phi) is 3.51. The summed E-state index contributed by atoms with van der Waals surface area (Å²) in [6.45, 7) is 4.08. The lowest BCUT2D eigenvalue weighted by atomic mass is 9.99. The van der Waals surface area contributed by atoms with Crippen molar-refractivity contribution in [3.63, 3.8) is 0 Å². The van der Waals surface area contributed by atoms with E-state index in [4.69, 9.17) is 0 Å². The molecule has 1 fully saturated rings. The van der Waals surface area contributed by atoms with Gasteiger partial charge in [0.15, 0.2) is 0 Å². The van der Waals surface area contributed by atoms with Crippen LogP contribution in [0.1, 0.15) is 25.3 Å². The van der Waals surface area contributed by atoms with Crippen LogP contribution in [0.25, 0.3) is 10.9 Å². The molecular weight excluding hydrogens is 248 g/mol. The second-order valence-corrected chi connectivity index (χ2v) is 6.05. The Morgan fingerprint density at radius 3 is 2.95 bits per heavy atom. The summed E-state index contributed by atoms with van der Waals surface area (Å²) in [6, 6.07) is 8.29. The first kappa shape index (κ1) is 13.2. The lowest BCUT2D eigenvalue weighted by Gasteiger charge is -2.31. The second kappa shape index (κ2) is 5.31. The second-order valence-electron chi connectivity index (χ2n) is 6.05. The summed E-state index contributed by atoms with van der Waals surface area (Å²) in [5.41, 5.74) is 2.34. The van der Waals surface area contributed by atoms with E-state index in [0.717, 1.165) is 25.1 Å². The molecule has 0 N–H and O–H groups in total. The van der Waals surface area contributed by atoms with E-state index >= 15 is 0 Å². The molecular formula is C17H22N2O. The first-order valence-corrected chi connectivity index (χ1v) is 7.46. The molecule has 1 aliphatic heterocycles. The number of rotatable bonds is 2. The third-order valence-corrected chi connectivity index (χ3v) is 4.33. The summed E-state index contributed by atoms with van der Waals surface area (Å²) in [5.74, 6) is 0.910. The minimum Gasteiger partial charge on any atom is -0.350 e. The number of piperidine rings is 1. The van der Waals surface area contributed by atoms with Crippen LogP contribution in [0.15, 0.2) is 30.5 Å². The molecule has 0 saturated carbocycles. The fourth-order valence-corrected chi connectivity index (χ4v) is 3.26. The highest BCUT2D eigenvalue weighted by atomic mass is 16.2. The van der Waals surface area contributed by atoms with Crippen molar-refractivity contribution in [1.29, 1.82) is 0 Å². The van der Waals surface area contributed by atoms with E-state index < -0.39 is 0 Å². The maximum absolute atomic E-state index is 12.5. The Balaban J connectivity index is 1.81. The van der Waals surface area contributed by atoms with E-state index in [1.807, 2.05) is 24.1 Å². The predicted octanol–water partition coefficient (Wildman–Crippen LogP) is 2.98. The Bertz CT molecular complexity index is 629. The van der Waals surface area contributed by atoms with Crippen molar-refractivity contribution in [3.05, 3.63) is 36.0 Å². The molecule has 1 amide bonds. The molecule has 20 heavy (non-hydrogen) atoms. The van der Waals surface area contributed by atoms with E-state index in [1.165, 1.54) is 17.3 Å². The topological polar surface area (TPSA) is 25.2 Å². The van der Waals surface area contributed by atoms with Crippen LogP contribution in [0.3, 0.4) is 0 Å². The van der Waals surface area contributed by atoms with Gasteiger partial charge < -0.3 is 9.47 Å². The molecule has 0 radical (unpaired) electrons. The van der Waals surface area contributed by atoms with Crippen LogP contribution in [0.2, 0.25) is 0 Å². The number of hydrogen-bond donors (Lipinski definition) is 0. The largest absolute Gasteiger partial charge is 0.350 e. The Morgan fingerprint density at radius 1 is 1.35 bits per heavy atom. The number of benzene rings is 1. The molecule has 1 saturated heterocycles. The summed E-state index contributed by atoms with van der Waals surface area (Å²) in [5, 5.41) is 1.20. The Hall–Kier alpha value is -1.77. The van der Waals surface area contributed by atoms with Crippen molar-refractivity contribution in [1.82, 2.24) is 9.47 Å². The summed E-state index contributed by atoms with van der Waals surface area (Å²) in [7, 11) is 2.04. The van der Waals surface area contributed by atoms with Gasteiger partial charge in [-0.25, -0.2) is 0 Å². The van der Waals surface area contributed by atoms with Crippen LogP contribution in [0.4, 0.5) is 0 Å². The first-order valence-electron chi connectivity index (χ1n) is 7.46. The monoisotopic (exact) mass is 270 g/mol. The predicted molar refractivity (Wildman–Crippen MR) is 81.6 cm³/mol. The van der Waals surface area contributed by atoms with Gasteiger partial charge in [0, 0.05) is 37.2 Å². The summed E-state index contributed by atoms with van der Waals surface area (Å²) in [6.07, 6.45) is 5.00. The highest BCUT2D eigenvalue weighted by molar-refractivity contribution is 5.89. The molecule has 3 nitrogen and oxygen atoms in total. The van der Waals surface area contributed by atoms with Crippen molar-refractivity contribution >= 4 is 16.8 Å². The minimum absolute atomic E-state index is 0.271. The van der Waals surface area contributed by atoms with Crippen molar-refractivity contribution in [2.24, 2.45) is 13.0 Å². The molecule has 0 bridgehead atoms. The highest BCUT2D eigenvalue weighted by Gasteiger charge is 2.21. The molecule has 106 valence electrons. The number of aromatic nitrogens is 1. The zero-order valence-corrected chi connectivity index (χ0v) is 12.3. The molecule has 1 atom stereocenters. The number of carbonyl (C=O) groups is 1. The van der Waals surface area contributed by atoms with Gasteiger partial charge in [0.05, 0.1) is 6.42 Å². The standard InChI is InChI=1S/C17H22N2O/c1-13-6-5-9-19(11-13)17(20)10-14-12-18(2)16-8-4-3-7-15(14)16/h3-4,7-8,12-13H,5-6,9-11H2,1-2H3. The minimum atomic E-state index is 0.271. The van der Waals surface area contributed by atoms with E-state index in [2.05, 4.69) is 29.8 Å². The van der Waals surface area contributed by atoms with E-state index in [9.17, 15) is 4.79 Å². The first-order chi connectivity index (χ1) is 9.65. The average molecular weight is 270 g/mol. The van der Waals surface area contributed by atoms with Gasteiger partial charge in [0.1, 0.15) is 0 Å². The van der Waals surface area contributed by atoms with Gasteiger partial charge in [0.2, 0.25) is 5.91 Å².